The molecule has 1 N–H and O–H groups in total. The maximum atomic E-state index is 13.6. The number of amides is 1. The normalized spacial score (nSPS) is 24.2. The molecule has 0 radical (unpaired) electrons. The van der Waals surface area contributed by atoms with Gasteiger partial charge in [0.05, 0.1) is 20.9 Å². The highest BCUT2D eigenvalue weighted by Gasteiger charge is 2.54. The fraction of sp³-hybridized carbons (Fsp3) is 0.517. The Bertz CT molecular complexity index is 1270. The minimum absolute atomic E-state index is 0.00207. The highest BCUT2D eigenvalue weighted by Crippen LogP contribution is 2.61. The number of fused-ring (bicyclic) bond motifs is 5. The van der Waals surface area contributed by atoms with Crippen LogP contribution in [0.3, 0.4) is 0 Å². The quantitative estimate of drug-likeness (QED) is 0.370. The van der Waals surface area contributed by atoms with Crippen LogP contribution >= 0.6 is 27.3 Å². The van der Waals surface area contributed by atoms with Gasteiger partial charge in [-0.3, -0.25) is 9.48 Å². The van der Waals surface area contributed by atoms with Gasteiger partial charge in [0.2, 0.25) is 0 Å². The number of halogens is 1. The zero-order valence-corrected chi connectivity index (χ0v) is 23.3. The second-order valence-electron chi connectivity index (χ2n) is 11.5. The number of nitrogens with one attached hydrogen (secondary N) is 1. The van der Waals surface area contributed by atoms with E-state index in [0.29, 0.717) is 23.6 Å². The molecular weight excluding hydrogens is 518 g/mol. The van der Waals surface area contributed by atoms with Crippen LogP contribution in [0, 0.1) is 30.1 Å². The summed E-state index contributed by atoms with van der Waals surface area (Å²) in [5, 5.41) is 8.30. The number of benzene rings is 1. The third-order valence-corrected chi connectivity index (χ3v) is 10.8. The van der Waals surface area contributed by atoms with Gasteiger partial charge in [-0.1, -0.05) is 43.7 Å². The van der Waals surface area contributed by atoms with E-state index in [4.69, 9.17) is 5.10 Å². The summed E-state index contributed by atoms with van der Waals surface area (Å²) in [6, 6.07) is 10.9. The monoisotopic (exact) mass is 551 g/mol. The molecule has 0 aliphatic heterocycles. The predicted molar refractivity (Wildman–Crippen MR) is 146 cm³/mol. The molecule has 2 bridgehead atoms. The molecular formula is C29H34BrN3OS. The standard InChI is InChI=1S/C29H34BrN3OS/c1-17-7-9-18(10-8-17)16-33-26-22(6-4-5-19-13-24(30)35-27(19)26)25(32-33)28(34)31-15-20-11-12-21-14-23(20)29(21,2)3/h7-10,13,20-21,23H,4-6,11-12,14-16H2,1-3H3,(H,31,34). The molecule has 1 aromatic carbocycles. The van der Waals surface area contributed by atoms with Crippen molar-refractivity contribution in [2.24, 2.45) is 23.2 Å². The molecule has 1 amide bonds. The molecule has 2 aromatic heterocycles. The number of hydrogen-bond donors (Lipinski definition) is 1. The van der Waals surface area contributed by atoms with Gasteiger partial charge in [-0.05, 0) is 102 Å². The SMILES string of the molecule is Cc1ccc(Cn2nc(C(=O)NCC3CCC4CC3C4(C)C)c3c2-c2sc(Br)cc2CCC3)cc1. The largest absolute Gasteiger partial charge is 0.350 e. The van der Waals surface area contributed by atoms with Crippen LogP contribution < -0.4 is 5.32 Å². The number of carbonyl (C=O) groups is 1. The molecule has 4 aliphatic rings. The Balaban J connectivity index is 1.31. The highest BCUT2D eigenvalue weighted by atomic mass is 79.9. The fourth-order valence-corrected chi connectivity index (χ4v) is 8.68. The van der Waals surface area contributed by atoms with Crippen molar-refractivity contribution in [3.63, 3.8) is 0 Å². The summed E-state index contributed by atoms with van der Waals surface area (Å²) in [4.78, 5) is 14.8. The van der Waals surface area contributed by atoms with E-state index < -0.39 is 0 Å². The van der Waals surface area contributed by atoms with E-state index in [1.54, 1.807) is 11.3 Å². The summed E-state index contributed by atoms with van der Waals surface area (Å²) in [5.74, 6) is 2.21. The van der Waals surface area contributed by atoms with Gasteiger partial charge in [0.15, 0.2) is 5.69 Å². The predicted octanol–water partition coefficient (Wildman–Crippen LogP) is 7.02. The van der Waals surface area contributed by atoms with Crippen LogP contribution in [0.1, 0.15) is 72.3 Å². The van der Waals surface area contributed by atoms with Gasteiger partial charge in [-0.2, -0.15) is 5.10 Å². The molecule has 6 heteroatoms. The van der Waals surface area contributed by atoms with Crippen molar-refractivity contribution in [3.8, 4) is 10.6 Å². The molecule has 0 saturated heterocycles. The van der Waals surface area contributed by atoms with Crippen LogP contribution in [0.25, 0.3) is 10.6 Å². The van der Waals surface area contributed by atoms with Crippen molar-refractivity contribution in [1.82, 2.24) is 15.1 Å². The van der Waals surface area contributed by atoms with E-state index in [1.807, 2.05) is 0 Å². The van der Waals surface area contributed by atoms with Crippen molar-refractivity contribution in [2.75, 3.05) is 6.54 Å². The number of aromatic nitrogens is 2. The number of rotatable bonds is 5. The van der Waals surface area contributed by atoms with Gasteiger partial charge >= 0.3 is 0 Å². The van der Waals surface area contributed by atoms with Crippen molar-refractivity contribution in [1.29, 1.82) is 0 Å². The Kier molecular flexibility index (Phi) is 5.96. The zero-order chi connectivity index (χ0) is 24.3. The van der Waals surface area contributed by atoms with Gasteiger partial charge in [0.25, 0.3) is 5.91 Å². The first-order valence-electron chi connectivity index (χ1n) is 13.0. The van der Waals surface area contributed by atoms with Gasteiger partial charge in [-0.25, -0.2) is 0 Å². The summed E-state index contributed by atoms with van der Waals surface area (Å²) in [5.41, 5.74) is 7.14. The van der Waals surface area contributed by atoms with E-state index >= 15 is 0 Å². The highest BCUT2D eigenvalue weighted by molar-refractivity contribution is 9.11. The van der Waals surface area contributed by atoms with E-state index in [-0.39, 0.29) is 5.91 Å². The maximum absolute atomic E-state index is 13.6. The Morgan fingerprint density at radius 3 is 2.77 bits per heavy atom. The molecule has 184 valence electrons. The minimum Gasteiger partial charge on any atom is -0.350 e. The van der Waals surface area contributed by atoms with Crippen LogP contribution in [0.5, 0.6) is 0 Å². The molecule has 3 unspecified atom stereocenters. The molecule has 35 heavy (non-hydrogen) atoms. The van der Waals surface area contributed by atoms with E-state index in [1.165, 1.54) is 40.8 Å². The summed E-state index contributed by atoms with van der Waals surface area (Å²) < 4.78 is 3.23. The third-order valence-electron chi connectivity index (χ3n) is 9.11. The van der Waals surface area contributed by atoms with Crippen LogP contribution in [-0.2, 0) is 19.4 Å². The van der Waals surface area contributed by atoms with Crippen LogP contribution in [-0.4, -0.2) is 22.2 Å². The lowest BCUT2D eigenvalue weighted by atomic mass is 9.45. The minimum atomic E-state index is 0.00207. The van der Waals surface area contributed by atoms with Crippen molar-refractivity contribution in [2.45, 2.75) is 65.8 Å². The van der Waals surface area contributed by atoms with Crippen molar-refractivity contribution in [3.05, 3.63) is 62.1 Å². The van der Waals surface area contributed by atoms with Crippen molar-refractivity contribution >= 4 is 33.2 Å². The number of carbonyl (C=O) groups excluding carboxylic acids is 1. The van der Waals surface area contributed by atoms with Crippen LogP contribution in [0.2, 0.25) is 0 Å². The Labute approximate surface area is 220 Å². The van der Waals surface area contributed by atoms with E-state index in [2.05, 4.69) is 77.0 Å². The average molecular weight is 553 g/mol. The summed E-state index contributed by atoms with van der Waals surface area (Å²) in [6.07, 6.45) is 6.86. The van der Waals surface area contributed by atoms with E-state index in [9.17, 15) is 4.79 Å². The fourth-order valence-electron chi connectivity index (χ4n) is 6.90. The second kappa shape index (κ2) is 8.88. The molecule has 3 atom stereocenters. The first-order valence-corrected chi connectivity index (χ1v) is 14.6. The van der Waals surface area contributed by atoms with Gasteiger partial charge in [-0.15, -0.1) is 11.3 Å². The molecule has 4 aliphatic carbocycles. The molecule has 0 spiro atoms. The summed E-state index contributed by atoms with van der Waals surface area (Å²) in [7, 11) is 0. The van der Waals surface area contributed by atoms with E-state index in [0.717, 1.165) is 52.7 Å². The summed E-state index contributed by atoms with van der Waals surface area (Å²) in [6.45, 7) is 8.39. The Hall–Kier alpha value is -1.92. The summed E-state index contributed by atoms with van der Waals surface area (Å²) >= 11 is 5.47. The first-order chi connectivity index (χ1) is 16.8. The molecule has 4 nitrogen and oxygen atoms in total. The van der Waals surface area contributed by atoms with Gasteiger partial charge in [0, 0.05) is 12.1 Å². The van der Waals surface area contributed by atoms with Gasteiger partial charge in [0.1, 0.15) is 0 Å². The average Bonchev–Trinajstić information content (AvgIpc) is 3.33. The number of thiophene rings is 1. The Morgan fingerprint density at radius 1 is 1.23 bits per heavy atom. The Morgan fingerprint density at radius 2 is 2.03 bits per heavy atom. The smallest absolute Gasteiger partial charge is 0.272 e. The first kappa shape index (κ1) is 23.5. The molecule has 3 aromatic rings. The molecule has 3 saturated carbocycles. The molecule has 7 rings (SSSR count). The van der Waals surface area contributed by atoms with Crippen molar-refractivity contribution < 1.29 is 4.79 Å². The number of aryl methyl sites for hydroxylation is 2. The van der Waals surface area contributed by atoms with Gasteiger partial charge < -0.3 is 5.32 Å². The van der Waals surface area contributed by atoms with Crippen LogP contribution in [0.15, 0.2) is 34.1 Å². The third kappa shape index (κ3) is 4.11. The molecule has 2 heterocycles. The lowest BCUT2D eigenvalue weighted by Gasteiger charge is -2.60. The second-order valence-corrected chi connectivity index (χ2v) is 13.9. The number of hydrogen-bond acceptors (Lipinski definition) is 3. The number of nitrogens with zero attached hydrogens (tertiary/aromatic N) is 2. The lowest BCUT2D eigenvalue weighted by molar-refractivity contribution is -0.103. The van der Waals surface area contributed by atoms with Crippen LogP contribution in [0.4, 0.5) is 0 Å². The topological polar surface area (TPSA) is 46.9 Å². The maximum Gasteiger partial charge on any atom is 0.272 e. The molecule has 3 fully saturated rings. The zero-order valence-electron chi connectivity index (χ0n) is 20.9. The lowest BCUT2D eigenvalue weighted by Crippen LogP contribution is -2.54.